The molecule has 0 saturated heterocycles. The number of carbonyl (C=O) groups excluding carboxylic acids is 1. The highest BCUT2D eigenvalue weighted by atomic mass is 79.9. The fourth-order valence-corrected chi connectivity index (χ4v) is 3.60. The number of aromatic nitrogens is 2. The SMILES string of the molecule is COc1cc(CNC(=O)Nc2cccc(-c3nn(C)cc3Br)c2)cc(OC)c1OC. The quantitative estimate of drug-likeness (QED) is 0.535. The first-order valence-electron chi connectivity index (χ1n) is 9.08. The van der Waals surface area contributed by atoms with Crippen molar-refractivity contribution in [1.82, 2.24) is 15.1 Å². The summed E-state index contributed by atoms with van der Waals surface area (Å²) < 4.78 is 18.6. The van der Waals surface area contributed by atoms with Crippen LogP contribution in [0.2, 0.25) is 0 Å². The van der Waals surface area contributed by atoms with E-state index in [1.165, 1.54) is 0 Å². The Morgan fingerprint density at radius 2 is 1.80 bits per heavy atom. The Hall–Kier alpha value is -3.20. The lowest BCUT2D eigenvalue weighted by atomic mass is 10.1. The normalized spacial score (nSPS) is 10.4. The summed E-state index contributed by atoms with van der Waals surface area (Å²) in [7, 11) is 6.50. The molecule has 0 aliphatic rings. The molecule has 2 amide bonds. The van der Waals surface area contributed by atoms with E-state index in [-0.39, 0.29) is 12.6 Å². The van der Waals surface area contributed by atoms with Gasteiger partial charge < -0.3 is 24.8 Å². The van der Waals surface area contributed by atoms with Gasteiger partial charge in [-0.15, -0.1) is 0 Å². The number of nitrogens with zero attached hydrogens (tertiary/aromatic N) is 2. The number of benzene rings is 2. The molecule has 0 unspecified atom stereocenters. The van der Waals surface area contributed by atoms with Crippen molar-refractivity contribution in [2.24, 2.45) is 7.05 Å². The van der Waals surface area contributed by atoms with Crippen LogP contribution < -0.4 is 24.8 Å². The topological polar surface area (TPSA) is 86.6 Å². The highest BCUT2D eigenvalue weighted by molar-refractivity contribution is 9.10. The Balaban J connectivity index is 1.68. The van der Waals surface area contributed by atoms with Crippen LogP contribution in [0.4, 0.5) is 10.5 Å². The van der Waals surface area contributed by atoms with Gasteiger partial charge in [-0.05, 0) is 45.8 Å². The minimum absolute atomic E-state index is 0.286. The number of ether oxygens (including phenoxy) is 3. The van der Waals surface area contributed by atoms with E-state index in [0.29, 0.717) is 22.9 Å². The van der Waals surface area contributed by atoms with Crippen LogP contribution in [0.25, 0.3) is 11.3 Å². The van der Waals surface area contributed by atoms with Gasteiger partial charge in [0.25, 0.3) is 0 Å². The molecule has 3 rings (SSSR count). The molecule has 0 bridgehead atoms. The molecular formula is C21H23BrN4O4. The van der Waals surface area contributed by atoms with E-state index in [9.17, 15) is 4.79 Å². The maximum atomic E-state index is 12.4. The third-order valence-electron chi connectivity index (χ3n) is 4.36. The van der Waals surface area contributed by atoms with E-state index in [4.69, 9.17) is 14.2 Å². The average molecular weight is 475 g/mol. The molecule has 9 heteroatoms. The second kappa shape index (κ2) is 9.53. The van der Waals surface area contributed by atoms with Gasteiger partial charge in [0, 0.05) is 31.0 Å². The van der Waals surface area contributed by atoms with Crippen molar-refractivity contribution in [2.45, 2.75) is 6.54 Å². The number of hydrogen-bond acceptors (Lipinski definition) is 5. The van der Waals surface area contributed by atoms with E-state index in [0.717, 1.165) is 21.3 Å². The number of methoxy groups -OCH3 is 3. The van der Waals surface area contributed by atoms with E-state index in [2.05, 4.69) is 31.7 Å². The number of hydrogen-bond donors (Lipinski definition) is 2. The smallest absolute Gasteiger partial charge is 0.319 e. The third kappa shape index (κ3) is 4.85. The number of amides is 2. The molecule has 0 aliphatic carbocycles. The standard InChI is InChI=1S/C21H23BrN4O4/c1-26-12-16(22)19(25-26)14-6-5-7-15(10-14)24-21(27)23-11-13-8-17(28-2)20(30-4)18(9-13)29-3/h5-10,12H,11H2,1-4H3,(H2,23,24,27). The molecule has 2 N–H and O–H groups in total. The summed E-state index contributed by atoms with van der Waals surface area (Å²) in [6, 6.07) is 10.7. The van der Waals surface area contributed by atoms with Crippen LogP contribution in [-0.4, -0.2) is 37.1 Å². The van der Waals surface area contributed by atoms with Crippen LogP contribution in [0.15, 0.2) is 47.1 Å². The predicted octanol–water partition coefficient (Wildman–Crippen LogP) is 4.20. The number of carbonyl (C=O) groups is 1. The van der Waals surface area contributed by atoms with Crippen molar-refractivity contribution in [1.29, 1.82) is 0 Å². The highest BCUT2D eigenvalue weighted by Crippen LogP contribution is 2.38. The van der Waals surface area contributed by atoms with E-state index >= 15 is 0 Å². The van der Waals surface area contributed by atoms with E-state index < -0.39 is 0 Å². The zero-order valence-corrected chi connectivity index (χ0v) is 18.7. The Morgan fingerprint density at radius 3 is 2.37 bits per heavy atom. The maximum Gasteiger partial charge on any atom is 0.319 e. The molecular weight excluding hydrogens is 452 g/mol. The van der Waals surface area contributed by atoms with Gasteiger partial charge in [-0.1, -0.05) is 12.1 Å². The van der Waals surface area contributed by atoms with Crippen molar-refractivity contribution in [3.05, 3.63) is 52.6 Å². The number of nitrogens with one attached hydrogen (secondary N) is 2. The molecule has 0 saturated carbocycles. The van der Waals surface area contributed by atoms with Gasteiger partial charge in [0.05, 0.1) is 25.8 Å². The molecule has 0 aliphatic heterocycles. The summed E-state index contributed by atoms with van der Waals surface area (Å²) in [5.74, 6) is 1.57. The van der Waals surface area contributed by atoms with Gasteiger partial charge in [-0.25, -0.2) is 4.79 Å². The summed E-state index contributed by atoms with van der Waals surface area (Å²) in [5.41, 5.74) is 3.17. The van der Waals surface area contributed by atoms with Crippen LogP contribution >= 0.6 is 15.9 Å². The number of aryl methyl sites for hydroxylation is 1. The lowest BCUT2D eigenvalue weighted by molar-refractivity contribution is 0.251. The number of anilines is 1. The van der Waals surface area contributed by atoms with Gasteiger partial charge in [0.15, 0.2) is 11.5 Å². The fourth-order valence-electron chi connectivity index (χ4n) is 2.99. The number of rotatable bonds is 7. The minimum Gasteiger partial charge on any atom is -0.493 e. The Kier molecular flexibility index (Phi) is 6.83. The summed E-state index contributed by atoms with van der Waals surface area (Å²) in [4.78, 5) is 12.4. The monoisotopic (exact) mass is 474 g/mol. The maximum absolute atomic E-state index is 12.4. The molecule has 0 spiro atoms. The molecule has 0 atom stereocenters. The van der Waals surface area contributed by atoms with Crippen molar-refractivity contribution >= 4 is 27.6 Å². The van der Waals surface area contributed by atoms with Crippen molar-refractivity contribution in [3.63, 3.8) is 0 Å². The number of urea groups is 1. The molecule has 1 heterocycles. The molecule has 1 aromatic heterocycles. The molecule has 2 aromatic carbocycles. The first kappa shape index (κ1) is 21.5. The molecule has 0 radical (unpaired) electrons. The Morgan fingerprint density at radius 1 is 1.10 bits per heavy atom. The zero-order chi connectivity index (χ0) is 21.7. The highest BCUT2D eigenvalue weighted by Gasteiger charge is 2.14. The van der Waals surface area contributed by atoms with E-state index in [1.54, 1.807) is 38.1 Å². The summed E-state index contributed by atoms with van der Waals surface area (Å²) in [6.45, 7) is 0.286. The first-order chi connectivity index (χ1) is 14.4. The minimum atomic E-state index is -0.332. The van der Waals surface area contributed by atoms with Crippen LogP contribution in [0.1, 0.15) is 5.56 Å². The van der Waals surface area contributed by atoms with Crippen molar-refractivity contribution in [2.75, 3.05) is 26.6 Å². The number of halogens is 1. The van der Waals surface area contributed by atoms with Crippen LogP contribution in [0, 0.1) is 0 Å². The first-order valence-corrected chi connectivity index (χ1v) is 9.87. The summed E-state index contributed by atoms with van der Waals surface area (Å²) in [6.07, 6.45) is 1.87. The molecule has 8 nitrogen and oxygen atoms in total. The van der Waals surface area contributed by atoms with Crippen LogP contribution in [0.3, 0.4) is 0 Å². The molecule has 30 heavy (non-hydrogen) atoms. The third-order valence-corrected chi connectivity index (χ3v) is 4.94. The van der Waals surface area contributed by atoms with Crippen LogP contribution in [0.5, 0.6) is 17.2 Å². The van der Waals surface area contributed by atoms with Gasteiger partial charge in [-0.3, -0.25) is 4.68 Å². The molecule has 3 aromatic rings. The van der Waals surface area contributed by atoms with Crippen molar-refractivity contribution < 1.29 is 19.0 Å². The Labute approximate surface area is 183 Å². The van der Waals surface area contributed by atoms with Crippen molar-refractivity contribution in [3.8, 4) is 28.5 Å². The largest absolute Gasteiger partial charge is 0.493 e. The van der Waals surface area contributed by atoms with Gasteiger partial charge in [-0.2, -0.15) is 5.10 Å². The second-order valence-electron chi connectivity index (χ2n) is 6.42. The Bertz CT molecular complexity index is 1030. The molecule has 0 fully saturated rings. The molecule has 158 valence electrons. The summed E-state index contributed by atoms with van der Waals surface area (Å²) >= 11 is 3.50. The fraction of sp³-hybridized carbons (Fsp3) is 0.238. The van der Waals surface area contributed by atoms with E-state index in [1.807, 2.05) is 37.5 Å². The average Bonchev–Trinajstić information content (AvgIpc) is 3.09. The predicted molar refractivity (Wildman–Crippen MR) is 118 cm³/mol. The van der Waals surface area contributed by atoms with Gasteiger partial charge in [0.1, 0.15) is 5.69 Å². The lowest BCUT2D eigenvalue weighted by Crippen LogP contribution is -2.28. The summed E-state index contributed by atoms with van der Waals surface area (Å²) in [5, 5.41) is 10.1. The lowest BCUT2D eigenvalue weighted by Gasteiger charge is -2.14. The van der Waals surface area contributed by atoms with Gasteiger partial charge >= 0.3 is 6.03 Å². The zero-order valence-electron chi connectivity index (χ0n) is 17.2. The second-order valence-corrected chi connectivity index (χ2v) is 7.28. The van der Waals surface area contributed by atoms with Gasteiger partial charge in [0.2, 0.25) is 5.75 Å². The van der Waals surface area contributed by atoms with Crippen LogP contribution in [-0.2, 0) is 13.6 Å².